The fraction of sp³-hybridized carbons (Fsp3) is 0.647. The van der Waals surface area contributed by atoms with Gasteiger partial charge >= 0.3 is 0 Å². The molecule has 0 spiro atoms. The Morgan fingerprint density at radius 3 is 2.83 bits per heavy atom. The molecule has 2 heterocycles. The average Bonchev–Trinajstić information content (AvgIpc) is 2.85. The quantitative estimate of drug-likeness (QED) is 0.797. The molecular weight excluding hydrogens is 306 g/mol. The van der Waals surface area contributed by atoms with Crippen LogP contribution >= 0.6 is 0 Å². The Balaban J connectivity index is 1.84. The maximum Gasteiger partial charge on any atom is 0.254 e. The maximum atomic E-state index is 12.2. The predicted molar refractivity (Wildman–Crippen MR) is 91.7 cm³/mol. The molecule has 1 aromatic rings. The fourth-order valence-corrected chi connectivity index (χ4v) is 2.96. The van der Waals surface area contributed by atoms with Gasteiger partial charge in [-0.3, -0.25) is 9.59 Å². The molecule has 2 rings (SSSR count). The lowest BCUT2D eigenvalue weighted by molar-refractivity contribution is -0.129. The Labute approximate surface area is 143 Å². The number of nitrogens with one attached hydrogen (secondary N) is 1. The summed E-state index contributed by atoms with van der Waals surface area (Å²) in [5.74, 6) is 0.720. The number of nitrogens with zero attached hydrogens (tertiary/aromatic N) is 4. The summed E-state index contributed by atoms with van der Waals surface area (Å²) in [7, 11) is 4.00. The van der Waals surface area contributed by atoms with Gasteiger partial charge in [-0.25, -0.2) is 9.97 Å². The molecule has 0 radical (unpaired) electrons. The van der Waals surface area contributed by atoms with E-state index in [4.69, 9.17) is 0 Å². The van der Waals surface area contributed by atoms with E-state index in [-0.39, 0.29) is 17.9 Å². The van der Waals surface area contributed by atoms with E-state index >= 15 is 0 Å². The highest BCUT2D eigenvalue weighted by Gasteiger charge is 2.30. The van der Waals surface area contributed by atoms with E-state index in [0.29, 0.717) is 30.0 Å². The van der Waals surface area contributed by atoms with Crippen molar-refractivity contribution in [2.45, 2.75) is 39.2 Å². The lowest BCUT2D eigenvalue weighted by Gasteiger charge is -2.26. The second-order valence-corrected chi connectivity index (χ2v) is 6.54. The molecule has 1 N–H and O–H groups in total. The number of aryl methyl sites for hydroxylation is 2. The van der Waals surface area contributed by atoms with Crippen molar-refractivity contribution in [1.29, 1.82) is 0 Å². The molecule has 0 bridgehead atoms. The number of likely N-dealkylation sites (tertiary alicyclic amines) is 1. The van der Waals surface area contributed by atoms with Crippen LogP contribution < -0.4 is 5.32 Å². The molecule has 7 nitrogen and oxygen atoms in total. The van der Waals surface area contributed by atoms with Crippen LogP contribution in [0, 0.1) is 13.8 Å². The zero-order chi connectivity index (χ0) is 17.7. The number of hydrogen-bond acceptors (Lipinski definition) is 5. The Hall–Kier alpha value is -2.02. The van der Waals surface area contributed by atoms with Crippen LogP contribution in [-0.2, 0) is 4.79 Å². The molecule has 7 heteroatoms. The number of hydrogen-bond donors (Lipinski definition) is 1. The summed E-state index contributed by atoms with van der Waals surface area (Å²) in [5, 5.41) is 2.92. The summed E-state index contributed by atoms with van der Waals surface area (Å²) in [5.41, 5.74) is 1.19. The highest BCUT2D eigenvalue weighted by molar-refractivity contribution is 5.94. The number of carbonyl (C=O) groups excluding carboxylic acids is 2. The molecule has 1 saturated heterocycles. The summed E-state index contributed by atoms with van der Waals surface area (Å²) in [6.07, 6.45) is 3.82. The van der Waals surface area contributed by atoms with Crippen LogP contribution in [0.15, 0.2) is 6.20 Å². The third-order valence-corrected chi connectivity index (χ3v) is 4.35. The summed E-state index contributed by atoms with van der Waals surface area (Å²) in [6.45, 7) is 5.75. The summed E-state index contributed by atoms with van der Waals surface area (Å²) >= 11 is 0. The highest BCUT2D eigenvalue weighted by Crippen LogP contribution is 2.20. The summed E-state index contributed by atoms with van der Waals surface area (Å²) in [6, 6.07) is 0.216. The second-order valence-electron chi connectivity index (χ2n) is 6.54. The third-order valence-electron chi connectivity index (χ3n) is 4.35. The Morgan fingerprint density at radius 1 is 1.42 bits per heavy atom. The number of aromatic nitrogens is 2. The van der Waals surface area contributed by atoms with Crippen molar-refractivity contribution in [2.75, 3.05) is 33.7 Å². The predicted octanol–water partition coefficient (Wildman–Crippen LogP) is 0.766. The van der Waals surface area contributed by atoms with Crippen LogP contribution in [-0.4, -0.2) is 71.4 Å². The molecule has 1 aliphatic heterocycles. The smallest absolute Gasteiger partial charge is 0.254 e. The minimum Gasteiger partial charge on any atom is -0.352 e. The lowest BCUT2D eigenvalue weighted by Crippen LogP contribution is -2.40. The zero-order valence-corrected chi connectivity index (χ0v) is 15.0. The number of rotatable bonds is 7. The molecule has 1 fully saturated rings. The van der Waals surface area contributed by atoms with Crippen molar-refractivity contribution in [3.8, 4) is 0 Å². The average molecular weight is 333 g/mol. The lowest BCUT2D eigenvalue weighted by atomic mass is 10.1. The number of carbonyl (C=O) groups is 2. The van der Waals surface area contributed by atoms with Crippen molar-refractivity contribution in [2.24, 2.45) is 0 Å². The normalized spacial score (nSPS) is 17.6. The first-order valence-electron chi connectivity index (χ1n) is 8.41. The van der Waals surface area contributed by atoms with Crippen molar-refractivity contribution in [3.63, 3.8) is 0 Å². The van der Waals surface area contributed by atoms with E-state index in [1.165, 1.54) is 0 Å². The highest BCUT2D eigenvalue weighted by atomic mass is 16.2. The molecular formula is C17H27N5O2. The van der Waals surface area contributed by atoms with E-state index < -0.39 is 0 Å². The first-order valence-corrected chi connectivity index (χ1v) is 8.41. The van der Waals surface area contributed by atoms with Gasteiger partial charge in [-0.2, -0.15) is 0 Å². The van der Waals surface area contributed by atoms with Crippen molar-refractivity contribution < 1.29 is 9.59 Å². The minimum absolute atomic E-state index is 0.156. The van der Waals surface area contributed by atoms with Gasteiger partial charge in [0.1, 0.15) is 5.82 Å². The molecule has 132 valence electrons. The van der Waals surface area contributed by atoms with Gasteiger partial charge in [0, 0.05) is 38.3 Å². The van der Waals surface area contributed by atoms with Gasteiger partial charge in [-0.15, -0.1) is 0 Å². The van der Waals surface area contributed by atoms with Crippen molar-refractivity contribution in [3.05, 3.63) is 23.3 Å². The van der Waals surface area contributed by atoms with Crippen LogP contribution in [0.25, 0.3) is 0 Å². The van der Waals surface area contributed by atoms with Gasteiger partial charge in [0.05, 0.1) is 11.3 Å². The van der Waals surface area contributed by atoms with E-state index in [1.54, 1.807) is 13.1 Å². The molecule has 2 amide bonds. The fourth-order valence-electron chi connectivity index (χ4n) is 2.96. The number of amides is 2. The van der Waals surface area contributed by atoms with Crippen LogP contribution in [0.2, 0.25) is 0 Å². The van der Waals surface area contributed by atoms with Gasteiger partial charge in [0.2, 0.25) is 5.91 Å². The van der Waals surface area contributed by atoms with Gasteiger partial charge in [0.25, 0.3) is 5.91 Å². The molecule has 0 unspecified atom stereocenters. The summed E-state index contributed by atoms with van der Waals surface area (Å²) in [4.78, 5) is 36.5. The molecule has 0 saturated carbocycles. The Kier molecular flexibility index (Phi) is 6.25. The van der Waals surface area contributed by atoms with E-state index in [1.807, 2.05) is 25.9 Å². The monoisotopic (exact) mass is 333 g/mol. The van der Waals surface area contributed by atoms with E-state index in [2.05, 4.69) is 20.2 Å². The van der Waals surface area contributed by atoms with Crippen molar-refractivity contribution in [1.82, 2.24) is 25.1 Å². The largest absolute Gasteiger partial charge is 0.352 e. The Morgan fingerprint density at radius 2 is 2.17 bits per heavy atom. The zero-order valence-electron chi connectivity index (χ0n) is 15.0. The SMILES string of the molecule is Cc1ncc(C(=O)NCC[C@@H]2CCC(=O)N2CCN(C)C)c(C)n1. The second kappa shape index (κ2) is 8.19. The van der Waals surface area contributed by atoms with Gasteiger partial charge in [-0.05, 0) is 40.8 Å². The molecule has 1 aliphatic rings. The first-order chi connectivity index (χ1) is 11.4. The minimum atomic E-state index is -0.156. The van der Waals surface area contributed by atoms with Gasteiger partial charge in [0.15, 0.2) is 0 Å². The maximum absolute atomic E-state index is 12.2. The topological polar surface area (TPSA) is 78.4 Å². The molecule has 1 aromatic heterocycles. The first kappa shape index (κ1) is 18.3. The van der Waals surface area contributed by atoms with Crippen molar-refractivity contribution >= 4 is 11.8 Å². The van der Waals surface area contributed by atoms with Crippen LogP contribution in [0.3, 0.4) is 0 Å². The molecule has 0 aromatic carbocycles. The molecule has 0 aliphatic carbocycles. The van der Waals surface area contributed by atoms with Crippen LogP contribution in [0.1, 0.15) is 41.1 Å². The van der Waals surface area contributed by atoms with Gasteiger partial charge < -0.3 is 15.1 Å². The molecule has 24 heavy (non-hydrogen) atoms. The Bertz CT molecular complexity index is 603. The molecule has 1 atom stereocenters. The number of likely N-dealkylation sites (N-methyl/N-ethyl adjacent to an activating group) is 1. The standard InChI is InChI=1S/C17H27N5O2/c1-12-15(11-19-13(2)20-12)17(24)18-8-7-14-5-6-16(23)22(14)10-9-21(3)4/h11,14H,5-10H2,1-4H3,(H,18,24)/t14-/m0/s1. The van der Waals surface area contributed by atoms with E-state index in [9.17, 15) is 9.59 Å². The van der Waals surface area contributed by atoms with Crippen LogP contribution in [0.5, 0.6) is 0 Å². The van der Waals surface area contributed by atoms with Gasteiger partial charge in [-0.1, -0.05) is 0 Å². The van der Waals surface area contributed by atoms with Crippen LogP contribution in [0.4, 0.5) is 0 Å². The van der Waals surface area contributed by atoms with E-state index in [0.717, 1.165) is 25.9 Å². The third kappa shape index (κ3) is 4.74. The summed E-state index contributed by atoms with van der Waals surface area (Å²) < 4.78 is 0.